The van der Waals surface area contributed by atoms with Crippen molar-refractivity contribution in [3.05, 3.63) is 0 Å². The summed E-state index contributed by atoms with van der Waals surface area (Å²) in [6.07, 6.45) is 7.03. The fraction of sp³-hybridized carbons (Fsp3) is 1.00. The summed E-state index contributed by atoms with van der Waals surface area (Å²) in [6.45, 7) is 1.81. The number of rotatable bonds is 0. The van der Waals surface area contributed by atoms with Gasteiger partial charge in [-0.05, 0) is 25.7 Å². The maximum Gasteiger partial charge on any atom is 0.0862 e. The van der Waals surface area contributed by atoms with Crippen molar-refractivity contribution in [3.8, 4) is 0 Å². The second-order valence-corrected chi connectivity index (χ2v) is 4.55. The molecule has 3 heterocycles. The predicted molar refractivity (Wildman–Crippen MR) is 51.2 cm³/mol. The molecule has 3 rings (SSSR count). The molecule has 0 N–H and O–H groups in total. The molecular weight excluding hydrogens is 180 g/mol. The van der Waals surface area contributed by atoms with Crippen molar-refractivity contribution in [3.63, 3.8) is 0 Å². The Bertz CT molecular complexity index is 165. The van der Waals surface area contributed by atoms with Crippen LogP contribution in [0.1, 0.15) is 32.1 Å². The molecule has 3 fully saturated rings. The van der Waals surface area contributed by atoms with Gasteiger partial charge < -0.3 is 14.2 Å². The zero-order valence-corrected chi connectivity index (χ0v) is 8.48. The van der Waals surface area contributed by atoms with Crippen LogP contribution in [0.15, 0.2) is 0 Å². The van der Waals surface area contributed by atoms with Crippen LogP contribution < -0.4 is 0 Å². The third-order valence-electron chi connectivity index (χ3n) is 3.57. The van der Waals surface area contributed by atoms with E-state index in [4.69, 9.17) is 14.2 Å². The lowest BCUT2D eigenvalue weighted by atomic mass is 9.91. The standard InChI is InChI=1S/C11H18O3/c1-3-8-10(12-5-1)7-11-9(14-8)4-2-6-13-11/h8-11H,1-7H2/t8-,9+,10-,11+. The van der Waals surface area contributed by atoms with Gasteiger partial charge in [-0.1, -0.05) is 0 Å². The Kier molecular flexibility index (Phi) is 2.48. The molecule has 0 spiro atoms. The smallest absolute Gasteiger partial charge is 0.0862 e. The molecule has 14 heavy (non-hydrogen) atoms. The Morgan fingerprint density at radius 1 is 0.714 bits per heavy atom. The lowest BCUT2D eigenvalue weighted by molar-refractivity contribution is -0.226. The van der Waals surface area contributed by atoms with Crippen molar-refractivity contribution >= 4 is 0 Å². The highest BCUT2D eigenvalue weighted by Crippen LogP contribution is 2.33. The first-order valence-corrected chi connectivity index (χ1v) is 5.82. The molecule has 0 unspecified atom stereocenters. The van der Waals surface area contributed by atoms with Crippen LogP contribution in [-0.4, -0.2) is 37.6 Å². The van der Waals surface area contributed by atoms with Gasteiger partial charge in [0.2, 0.25) is 0 Å². The molecule has 0 saturated carbocycles. The average Bonchev–Trinajstić information content (AvgIpc) is 2.26. The first-order valence-electron chi connectivity index (χ1n) is 5.82. The molecule has 0 amide bonds. The molecule has 0 bridgehead atoms. The fourth-order valence-corrected chi connectivity index (χ4v) is 2.83. The van der Waals surface area contributed by atoms with E-state index >= 15 is 0 Å². The van der Waals surface area contributed by atoms with Gasteiger partial charge in [-0.3, -0.25) is 0 Å². The van der Waals surface area contributed by atoms with Gasteiger partial charge in [0.1, 0.15) is 0 Å². The van der Waals surface area contributed by atoms with Gasteiger partial charge in [0.15, 0.2) is 0 Å². The molecule has 0 aromatic carbocycles. The van der Waals surface area contributed by atoms with Gasteiger partial charge in [-0.2, -0.15) is 0 Å². The molecular formula is C11H18O3. The van der Waals surface area contributed by atoms with Gasteiger partial charge in [-0.25, -0.2) is 0 Å². The zero-order chi connectivity index (χ0) is 9.38. The van der Waals surface area contributed by atoms with Crippen LogP contribution in [0.5, 0.6) is 0 Å². The quantitative estimate of drug-likeness (QED) is 0.590. The molecule has 3 heteroatoms. The van der Waals surface area contributed by atoms with Gasteiger partial charge in [0.05, 0.1) is 24.4 Å². The molecule has 4 atom stereocenters. The SMILES string of the molecule is C1CO[C@H]2C[C@H]3OCCC[C@H]3O[C@H]2C1. The highest BCUT2D eigenvalue weighted by Gasteiger charge is 2.41. The Labute approximate surface area is 84.7 Å². The molecule has 0 aromatic heterocycles. The fourth-order valence-electron chi connectivity index (χ4n) is 2.83. The van der Waals surface area contributed by atoms with Crippen LogP contribution in [-0.2, 0) is 14.2 Å². The minimum atomic E-state index is 0.308. The number of hydrogen-bond donors (Lipinski definition) is 0. The molecule has 0 radical (unpaired) electrons. The van der Waals surface area contributed by atoms with Crippen LogP contribution in [0.3, 0.4) is 0 Å². The van der Waals surface area contributed by atoms with Crippen molar-refractivity contribution in [2.24, 2.45) is 0 Å². The molecule has 3 nitrogen and oxygen atoms in total. The van der Waals surface area contributed by atoms with E-state index in [9.17, 15) is 0 Å². The molecule has 3 aliphatic rings. The van der Waals surface area contributed by atoms with Gasteiger partial charge in [0.25, 0.3) is 0 Å². The predicted octanol–water partition coefficient (Wildman–Crippen LogP) is 1.50. The molecule has 80 valence electrons. The van der Waals surface area contributed by atoms with Crippen LogP contribution in [0.25, 0.3) is 0 Å². The van der Waals surface area contributed by atoms with Crippen LogP contribution in [0.4, 0.5) is 0 Å². The van der Waals surface area contributed by atoms with Gasteiger partial charge >= 0.3 is 0 Å². The third-order valence-corrected chi connectivity index (χ3v) is 3.57. The van der Waals surface area contributed by atoms with Crippen molar-refractivity contribution < 1.29 is 14.2 Å². The van der Waals surface area contributed by atoms with E-state index in [0.717, 1.165) is 32.5 Å². The Morgan fingerprint density at radius 2 is 1.29 bits per heavy atom. The third kappa shape index (κ3) is 1.58. The second-order valence-electron chi connectivity index (χ2n) is 4.55. The maximum absolute atomic E-state index is 6.04. The summed E-state index contributed by atoms with van der Waals surface area (Å²) >= 11 is 0. The van der Waals surface area contributed by atoms with Crippen molar-refractivity contribution in [2.45, 2.75) is 56.5 Å². The summed E-state index contributed by atoms with van der Waals surface area (Å²) in [5.74, 6) is 0. The Hall–Kier alpha value is -0.120. The summed E-state index contributed by atoms with van der Waals surface area (Å²) in [7, 11) is 0. The van der Waals surface area contributed by atoms with E-state index in [2.05, 4.69) is 0 Å². The van der Waals surface area contributed by atoms with E-state index in [-0.39, 0.29) is 0 Å². The van der Waals surface area contributed by atoms with Crippen LogP contribution >= 0.6 is 0 Å². The average molecular weight is 198 g/mol. The van der Waals surface area contributed by atoms with Crippen molar-refractivity contribution in [2.75, 3.05) is 13.2 Å². The van der Waals surface area contributed by atoms with E-state index < -0.39 is 0 Å². The largest absolute Gasteiger partial charge is 0.375 e. The maximum atomic E-state index is 6.04. The summed E-state index contributed by atoms with van der Waals surface area (Å²) in [6, 6.07) is 0. The Morgan fingerprint density at radius 3 is 1.86 bits per heavy atom. The highest BCUT2D eigenvalue weighted by molar-refractivity contribution is 4.89. The monoisotopic (exact) mass is 198 g/mol. The van der Waals surface area contributed by atoms with Gasteiger partial charge in [-0.15, -0.1) is 0 Å². The first kappa shape index (κ1) is 9.13. The first-order chi connectivity index (χ1) is 6.93. The van der Waals surface area contributed by atoms with Crippen molar-refractivity contribution in [1.29, 1.82) is 0 Å². The van der Waals surface area contributed by atoms with E-state index in [1.54, 1.807) is 0 Å². The number of hydrogen-bond acceptors (Lipinski definition) is 3. The minimum Gasteiger partial charge on any atom is -0.375 e. The van der Waals surface area contributed by atoms with E-state index in [0.29, 0.717) is 24.4 Å². The summed E-state index contributed by atoms with van der Waals surface area (Å²) in [4.78, 5) is 0. The minimum absolute atomic E-state index is 0.308. The summed E-state index contributed by atoms with van der Waals surface area (Å²) < 4.78 is 17.5. The summed E-state index contributed by atoms with van der Waals surface area (Å²) in [5.41, 5.74) is 0. The topological polar surface area (TPSA) is 27.7 Å². The molecule has 0 aromatic rings. The zero-order valence-electron chi connectivity index (χ0n) is 8.48. The second kappa shape index (κ2) is 3.80. The lowest BCUT2D eigenvalue weighted by Crippen LogP contribution is -2.52. The summed E-state index contributed by atoms with van der Waals surface area (Å²) in [5, 5.41) is 0. The van der Waals surface area contributed by atoms with Gasteiger partial charge in [0, 0.05) is 19.6 Å². The highest BCUT2D eigenvalue weighted by atomic mass is 16.6. The number of ether oxygens (including phenoxy) is 3. The van der Waals surface area contributed by atoms with E-state index in [1.165, 1.54) is 12.8 Å². The Balaban J connectivity index is 1.68. The van der Waals surface area contributed by atoms with E-state index in [1.807, 2.05) is 0 Å². The normalized spacial score (nSPS) is 48.0. The number of fused-ring (bicyclic) bond motifs is 2. The van der Waals surface area contributed by atoms with Crippen molar-refractivity contribution in [1.82, 2.24) is 0 Å². The molecule has 3 aliphatic heterocycles. The van der Waals surface area contributed by atoms with Crippen LogP contribution in [0.2, 0.25) is 0 Å². The lowest BCUT2D eigenvalue weighted by Gasteiger charge is -2.45. The molecule has 3 saturated heterocycles. The van der Waals surface area contributed by atoms with Crippen LogP contribution in [0, 0.1) is 0 Å². The molecule has 0 aliphatic carbocycles.